The van der Waals surface area contributed by atoms with Gasteiger partial charge in [-0.2, -0.15) is 4.31 Å². The van der Waals surface area contributed by atoms with E-state index in [-0.39, 0.29) is 23.7 Å². The van der Waals surface area contributed by atoms with Crippen LogP contribution in [0.1, 0.15) is 6.42 Å². The molecule has 2 heterocycles. The molecule has 3 rings (SSSR count). The molecule has 0 aromatic heterocycles. The van der Waals surface area contributed by atoms with Crippen LogP contribution < -0.4 is 10.2 Å². The number of nitro benzene ring substituents is 1. The number of hydrogen-bond acceptors (Lipinski definition) is 7. The average Bonchev–Trinajstić information content (AvgIpc) is 2.91. The highest BCUT2D eigenvalue weighted by Crippen LogP contribution is 2.32. The molecule has 1 N–H and O–H groups in total. The maximum absolute atomic E-state index is 12.7. The first-order chi connectivity index (χ1) is 12.0. The summed E-state index contributed by atoms with van der Waals surface area (Å²) in [6.07, 6.45) is 0.880. The SMILES string of the molecule is O=[N+]([O-])c1cc(S(=O)(=O)N2CCOCC2)ccc1N1CCCNCC1. The van der Waals surface area contributed by atoms with Crippen LogP contribution in [0.3, 0.4) is 0 Å². The zero-order chi connectivity index (χ0) is 17.9. The van der Waals surface area contributed by atoms with E-state index in [2.05, 4.69) is 5.32 Å². The zero-order valence-electron chi connectivity index (χ0n) is 13.9. The van der Waals surface area contributed by atoms with Crippen LogP contribution in [0.4, 0.5) is 11.4 Å². The maximum Gasteiger partial charge on any atom is 0.293 e. The van der Waals surface area contributed by atoms with Crippen molar-refractivity contribution in [1.82, 2.24) is 9.62 Å². The summed E-state index contributed by atoms with van der Waals surface area (Å²) in [5.41, 5.74) is 0.297. The molecule has 0 atom stereocenters. The van der Waals surface area contributed by atoms with Crippen molar-refractivity contribution in [2.45, 2.75) is 11.3 Å². The Kier molecular flexibility index (Phi) is 5.52. The molecule has 0 bridgehead atoms. The number of nitrogens with zero attached hydrogens (tertiary/aromatic N) is 3. The molecule has 138 valence electrons. The highest BCUT2D eigenvalue weighted by atomic mass is 32.2. The standard InChI is InChI=1S/C15H22N4O5S/c20-19(21)15-12-13(25(22,23)18-8-10-24-11-9-18)2-3-14(15)17-6-1-4-16-5-7-17/h2-3,12,16H,1,4-11H2. The summed E-state index contributed by atoms with van der Waals surface area (Å²) >= 11 is 0. The molecule has 0 saturated carbocycles. The van der Waals surface area contributed by atoms with E-state index in [0.717, 1.165) is 19.5 Å². The van der Waals surface area contributed by atoms with E-state index in [1.807, 2.05) is 4.90 Å². The summed E-state index contributed by atoms with van der Waals surface area (Å²) in [7, 11) is -3.75. The fraction of sp³-hybridized carbons (Fsp3) is 0.600. The fourth-order valence-corrected chi connectivity index (χ4v) is 4.53. The van der Waals surface area contributed by atoms with Gasteiger partial charge in [0.05, 0.1) is 23.0 Å². The van der Waals surface area contributed by atoms with Gasteiger partial charge >= 0.3 is 0 Å². The number of sulfonamides is 1. The molecule has 2 fully saturated rings. The number of anilines is 1. The summed E-state index contributed by atoms with van der Waals surface area (Å²) in [5, 5.41) is 14.8. The van der Waals surface area contributed by atoms with Crippen molar-refractivity contribution in [3.05, 3.63) is 28.3 Å². The third-order valence-electron chi connectivity index (χ3n) is 4.43. The monoisotopic (exact) mass is 370 g/mol. The van der Waals surface area contributed by atoms with E-state index >= 15 is 0 Å². The molecule has 2 saturated heterocycles. The topological polar surface area (TPSA) is 105 Å². The van der Waals surface area contributed by atoms with Crippen molar-refractivity contribution in [2.75, 3.05) is 57.4 Å². The normalized spacial score (nSPS) is 20.2. The van der Waals surface area contributed by atoms with Crippen LogP contribution >= 0.6 is 0 Å². The van der Waals surface area contributed by atoms with Gasteiger partial charge in [-0.1, -0.05) is 0 Å². The van der Waals surface area contributed by atoms with E-state index in [1.54, 1.807) is 6.07 Å². The van der Waals surface area contributed by atoms with Crippen LogP contribution in [0.2, 0.25) is 0 Å². The van der Waals surface area contributed by atoms with Gasteiger partial charge in [-0.25, -0.2) is 8.42 Å². The van der Waals surface area contributed by atoms with Crippen molar-refractivity contribution >= 4 is 21.4 Å². The molecule has 25 heavy (non-hydrogen) atoms. The Balaban J connectivity index is 1.94. The van der Waals surface area contributed by atoms with Gasteiger partial charge < -0.3 is 15.0 Å². The quantitative estimate of drug-likeness (QED) is 0.605. The third kappa shape index (κ3) is 3.92. The molecule has 1 aromatic carbocycles. The molecule has 0 unspecified atom stereocenters. The Hall–Kier alpha value is -1.75. The number of benzene rings is 1. The molecule has 9 nitrogen and oxygen atoms in total. The number of nitro groups is 1. The Labute approximate surface area is 146 Å². The molecule has 2 aliphatic heterocycles. The Morgan fingerprint density at radius 2 is 1.88 bits per heavy atom. The number of morpholine rings is 1. The highest BCUT2D eigenvalue weighted by Gasteiger charge is 2.30. The number of rotatable bonds is 4. The van der Waals surface area contributed by atoms with Crippen molar-refractivity contribution in [3.63, 3.8) is 0 Å². The maximum atomic E-state index is 12.7. The van der Waals surface area contributed by atoms with Crippen LogP contribution in [-0.4, -0.2) is 70.1 Å². The van der Waals surface area contributed by atoms with Gasteiger partial charge in [0.15, 0.2) is 0 Å². The summed E-state index contributed by atoms with van der Waals surface area (Å²) in [6.45, 7) is 4.14. The Morgan fingerprint density at radius 1 is 1.12 bits per heavy atom. The van der Waals surface area contributed by atoms with E-state index in [4.69, 9.17) is 4.74 Å². The summed E-state index contributed by atoms with van der Waals surface area (Å²) in [4.78, 5) is 12.9. The van der Waals surface area contributed by atoms with Crippen LogP contribution in [0.15, 0.2) is 23.1 Å². The lowest BCUT2D eigenvalue weighted by atomic mass is 10.2. The highest BCUT2D eigenvalue weighted by molar-refractivity contribution is 7.89. The molecule has 0 radical (unpaired) electrons. The third-order valence-corrected chi connectivity index (χ3v) is 6.33. The minimum Gasteiger partial charge on any atom is -0.379 e. The first kappa shape index (κ1) is 18.1. The van der Waals surface area contributed by atoms with Crippen molar-refractivity contribution in [1.29, 1.82) is 0 Å². The van der Waals surface area contributed by atoms with Crippen LogP contribution in [-0.2, 0) is 14.8 Å². The minimum atomic E-state index is -3.75. The van der Waals surface area contributed by atoms with E-state index in [1.165, 1.54) is 16.4 Å². The zero-order valence-corrected chi connectivity index (χ0v) is 14.7. The van der Waals surface area contributed by atoms with E-state index < -0.39 is 14.9 Å². The number of ether oxygens (including phenoxy) is 1. The molecule has 0 spiro atoms. The van der Waals surface area contributed by atoms with Gasteiger partial charge in [0.2, 0.25) is 10.0 Å². The molecular formula is C15H22N4O5S. The molecule has 2 aliphatic rings. The smallest absolute Gasteiger partial charge is 0.293 e. The fourth-order valence-electron chi connectivity index (χ4n) is 3.10. The van der Waals surface area contributed by atoms with Crippen LogP contribution in [0.25, 0.3) is 0 Å². The molecule has 1 aromatic rings. The van der Waals surface area contributed by atoms with Crippen molar-refractivity contribution < 1.29 is 18.1 Å². The molecule has 0 amide bonds. The van der Waals surface area contributed by atoms with Crippen LogP contribution in [0.5, 0.6) is 0 Å². The predicted octanol–water partition coefficient (Wildman–Crippen LogP) is 0.415. The van der Waals surface area contributed by atoms with Gasteiger partial charge in [-0.05, 0) is 25.1 Å². The molecule has 10 heteroatoms. The lowest BCUT2D eigenvalue weighted by Crippen LogP contribution is -2.40. The van der Waals surface area contributed by atoms with E-state index in [9.17, 15) is 18.5 Å². The second-order valence-corrected chi connectivity index (χ2v) is 7.95. The van der Waals surface area contributed by atoms with Gasteiger partial charge in [-0.15, -0.1) is 0 Å². The second kappa shape index (κ2) is 7.65. The predicted molar refractivity (Wildman–Crippen MR) is 92.4 cm³/mol. The summed E-state index contributed by atoms with van der Waals surface area (Å²) in [5.74, 6) is 0. The van der Waals surface area contributed by atoms with Crippen molar-refractivity contribution in [3.8, 4) is 0 Å². The molecule has 0 aliphatic carbocycles. The van der Waals surface area contributed by atoms with Gasteiger partial charge in [0.25, 0.3) is 5.69 Å². The first-order valence-corrected chi connectivity index (χ1v) is 9.76. The number of nitrogens with one attached hydrogen (secondary N) is 1. The largest absolute Gasteiger partial charge is 0.379 e. The minimum absolute atomic E-state index is 0.0437. The average molecular weight is 370 g/mol. The summed E-state index contributed by atoms with van der Waals surface area (Å²) in [6, 6.07) is 4.20. The number of hydrogen-bond donors (Lipinski definition) is 1. The van der Waals surface area contributed by atoms with Crippen molar-refractivity contribution in [2.24, 2.45) is 0 Å². The van der Waals surface area contributed by atoms with Crippen LogP contribution in [0, 0.1) is 10.1 Å². The molecular weight excluding hydrogens is 348 g/mol. The Morgan fingerprint density at radius 3 is 2.60 bits per heavy atom. The lowest BCUT2D eigenvalue weighted by Gasteiger charge is -2.26. The lowest BCUT2D eigenvalue weighted by molar-refractivity contribution is -0.384. The second-order valence-electron chi connectivity index (χ2n) is 6.01. The first-order valence-electron chi connectivity index (χ1n) is 8.32. The Bertz CT molecular complexity index is 725. The van der Waals surface area contributed by atoms with Gasteiger partial charge in [0.1, 0.15) is 5.69 Å². The summed E-state index contributed by atoms with van der Waals surface area (Å²) < 4.78 is 31.9. The van der Waals surface area contributed by atoms with Gasteiger partial charge in [-0.3, -0.25) is 10.1 Å². The van der Waals surface area contributed by atoms with Gasteiger partial charge in [0, 0.05) is 38.8 Å². The van der Waals surface area contributed by atoms with E-state index in [0.29, 0.717) is 32.0 Å².